The molecule has 0 fully saturated rings. The molecule has 0 spiro atoms. The van der Waals surface area contributed by atoms with Crippen LogP contribution >= 0.6 is 0 Å². The lowest BCUT2D eigenvalue weighted by Crippen LogP contribution is -2.36. The zero-order valence-electron chi connectivity index (χ0n) is 16.7. The first-order valence-electron chi connectivity index (χ1n) is 9.15. The van der Waals surface area contributed by atoms with Gasteiger partial charge in [0, 0.05) is 20.7 Å². The van der Waals surface area contributed by atoms with E-state index in [1.807, 2.05) is 13.1 Å². The number of hydrogen-bond donors (Lipinski definition) is 2. The molecule has 0 aliphatic heterocycles. The molecule has 3 rings (SSSR count). The van der Waals surface area contributed by atoms with E-state index >= 15 is 0 Å². The van der Waals surface area contributed by atoms with E-state index in [0.717, 1.165) is 23.4 Å². The van der Waals surface area contributed by atoms with Gasteiger partial charge in [0.2, 0.25) is 5.95 Å². The Bertz CT molecular complexity index is 890. The van der Waals surface area contributed by atoms with Crippen molar-refractivity contribution in [3.63, 3.8) is 0 Å². The van der Waals surface area contributed by atoms with Gasteiger partial charge in [-0.1, -0.05) is 37.3 Å². The van der Waals surface area contributed by atoms with Gasteiger partial charge in [0.05, 0.1) is 23.7 Å². The molecule has 2 N–H and O–H groups in total. The third-order valence-electron chi connectivity index (χ3n) is 4.49. The maximum absolute atomic E-state index is 5.31. The van der Waals surface area contributed by atoms with Crippen molar-refractivity contribution < 1.29 is 4.74 Å². The number of methoxy groups -OCH3 is 1. The predicted octanol–water partition coefficient (Wildman–Crippen LogP) is 3.42. The Labute approximate surface area is 160 Å². The average molecular weight is 368 g/mol. The molecule has 3 aromatic rings. The summed E-state index contributed by atoms with van der Waals surface area (Å²) in [5.41, 5.74) is 1.81. The molecule has 1 aromatic carbocycles. The summed E-state index contributed by atoms with van der Waals surface area (Å²) in [5.74, 6) is 1.69. The van der Waals surface area contributed by atoms with Crippen LogP contribution in [0.25, 0.3) is 11.0 Å². The van der Waals surface area contributed by atoms with E-state index in [1.54, 1.807) is 18.0 Å². The molecule has 1 atom stereocenters. The fourth-order valence-corrected chi connectivity index (χ4v) is 3.06. The molecule has 1 unspecified atom stereocenters. The Morgan fingerprint density at radius 2 is 1.93 bits per heavy atom. The molecule has 0 bridgehead atoms. The van der Waals surface area contributed by atoms with Crippen LogP contribution < -0.4 is 10.6 Å². The van der Waals surface area contributed by atoms with Gasteiger partial charge >= 0.3 is 0 Å². The van der Waals surface area contributed by atoms with Gasteiger partial charge in [-0.05, 0) is 25.3 Å². The van der Waals surface area contributed by atoms with Crippen LogP contribution in [0.3, 0.4) is 0 Å². The molecule has 7 heteroatoms. The fraction of sp³-hybridized carbons (Fsp3) is 0.450. The first-order valence-corrected chi connectivity index (χ1v) is 9.15. The van der Waals surface area contributed by atoms with Crippen molar-refractivity contribution in [1.82, 2.24) is 19.7 Å². The zero-order chi connectivity index (χ0) is 19.4. The topological polar surface area (TPSA) is 76.9 Å². The minimum atomic E-state index is -0.263. The summed E-state index contributed by atoms with van der Waals surface area (Å²) in [6, 6.07) is 10.4. The largest absolute Gasteiger partial charge is 0.382 e. The Balaban J connectivity index is 1.84. The van der Waals surface area contributed by atoms with E-state index in [0.29, 0.717) is 18.5 Å². The van der Waals surface area contributed by atoms with Crippen LogP contribution in [0.5, 0.6) is 0 Å². The Morgan fingerprint density at radius 3 is 2.63 bits per heavy atom. The van der Waals surface area contributed by atoms with E-state index < -0.39 is 0 Å². The second-order valence-electron chi connectivity index (χ2n) is 7.54. The maximum Gasteiger partial charge on any atom is 0.226 e. The maximum atomic E-state index is 5.31. The third-order valence-corrected chi connectivity index (χ3v) is 4.49. The number of hydrogen-bond acceptors (Lipinski definition) is 6. The highest BCUT2D eigenvalue weighted by atomic mass is 16.5. The molecule has 144 valence electrons. The number of fused-ring (bicyclic) bond motifs is 1. The molecular weight excluding hydrogens is 340 g/mol. The highest BCUT2D eigenvalue weighted by molar-refractivity contribution is 5.87. The Kier molecular flexibility index (Phi) is 5.60. The molecule has 0 aliphatic rings. The van der Waals surface area contributed by atoms with Gasteiger partial charge in [-0.2, -0.15) is 15.1 Å². The SMILES string of the molecule is COCC(C)(C)Nc1nc(NCC(C)c2ccccc2)nc2c1cnn2C. The number of rotatable bonds is 8. The van der Waals surface area contributed by atoms with Crippen LogP contribution in [0, 0.1) is 0 Å². The van der Waals surface area contributed by atoms with Crippen molar-refractivity contribution in [3.8, 4) is 0 Å². The minimum Gasteiger partial charge on any atom is -0.382 e. The highest BCUT2D eigenvalue weighted by Crippen LogP contribution is 2.25. The van der Waals surface area contributed by atoms with E-state index in [2.05, 4.69) is 65.8 Å². The standard InChI is InChI=1S/C20H28N6O/c1-14(15-9-7-6-8-10-15)11-21-19-23-17(25-20(2,3)13-27-5)16-12-22-26(4)18(16)24-19/h6-10,12,14H,11,13H2,1-5H3,(H2,21,23,24,25). The summed E-state index contributed by atoms with van der Waals surface area (Å²) in [7, 11) is 3.58. The van der Waals surface area contributed by atoms with Crippen LogP contribution in [0.4, 0.5) is 11.8 Å². The lowest BCUT2D eigenvalue weighted by Gasteiger charge is -2.26. The van der Waals surface area contributed by atoms with Crippen molar-refractivity contribution >= 4 is 22.8 Å². The molecule has 27 heavy (non-hydrogen) atoms. The minimum absolute atomic E-state index is 0.263. The normalized spacial score (nSPS) is 12.9. The lowest BCUT2D eigenvalue weighted by molar-refractivity contribution is 0.158. The average Bonchev–Trinajstić information content (AvgIpc) is 3.01. The van der Waals surface area contributed by atoms with Gasteiger partial charge in [-0.15, -0.1) is 0 Å². The first kappa shape index (κ1) is 19.1. The molecule has 0 saturated heterocycles. The zero-order valence-corrected chi connectivity index (χ0v) is 16.7. The van der Waals surface area contributed by atoms with Crippen molar-refractivity contribution in [1.29, 1.82) is 0 Å². The summed E-state index contributed by atoms with van der Waals surface area (Å²) in [6.45, 7) is 7.64. The van der Waals surface area contributed by atoms with Crippen LogP contribution in [-0.4, -0.2) is 45.5 Å². The van der Waals surface area contributed by atoms with Gasteiger partial charge < -0.3 is 15.4 Å². The number of benzene rings is 1. The number of aryl methyl sites for hydroxylation is 1. The van der Waals surface area contributed by atoms with E-state index in [1.165, 1.54) is 5.56 Å². The number of nitrogens with zero attached hydrogens (tertiary/aromatic N) is 4. The summed E-state index contributed by atoms with van der Waals surface area (Å²) in [4.78, 5) is 9.35. The van der Waals surface area contributed by atoms with E-state index in [-0.39, 0.29) is 5.54 Å². The molecule has 0 saturated carbocycles. The Morgan fingerprint density at radius 1 is 1.19 bits per heavy atom. The molecule has 7 nitrogen and oxygen atoms in total. The van der Waals surface area contributed by atoms with Gasteiger partial charge in [0.1, 0.15) is 5.82 Å². The number of anilines is 2. The van der Waals surface area contributed by atoms with Crippen molar-refractivity contribution in [2.45, 2.75) is 32.2 Å². The van der Waals surface area contributed by atoms with Crippen LogP contribution in [0.1, 0.15) is 32.3 Å². The van der Waals surface area contributed by atoms with Crippen LogP contribution in [0.15, 0.2) is 36.5 Å². The van der Waals surface area contributed by atoms with E-state index in [9.17, 15) is 0 Å². The lowest BCUT2D eigenvalue weighted by atomic mass is 10.0. The fourth-order valence-electron chi connectivity index (χ4n) is 3.06. The Hall–Kier alpha value is -2.67. The van der Waals surface area contributed by atoms with E-state index in [4.69, 9.17) is 9.72 Å². The van der Waals surface area contributed by atoms with Crippen molar-refractivity contribution in [2.75, 3.05) is 30.9 Å². The molecule has 2 aromatic heterocycles. The summed E-state index contributed by atoms with van der Waals surface area (Å²) < 4.78 is 7.07. The van der Waals surface area contributed by atoms with Crippen LogP contribution in [0.2, 0.25) is 0 Å². The molecule has 0 amide bonds. The monoisotopic (exact) mass is 368 g/mol. The van der Waals surface area contributed by atoms with Gasteiger partial charge in [-0.25, -0.2) is 0 Å². The second-order valence-corrected chi connectivity index (χ2v) is 7.54. The smallest absolute Gasteiger partial charge is 0.226 e. The van der Waals surface area contributed by atoms with Gasteiger partial charge in [0.25, 0.3) is 0 Å². The number of aromatic nitrogens is 4. The van der Waals surface area contributed by atoms with Crippen molar-refractivity contribution in [2.24, 2.45) is 7.05 Å². The quantitative estimate of drug-likeness (QED) is 0.634. The summed E-state index contributed by atoms with van der Waals surface area (Å²) >= 11 is 0. The highest BCUT2D eigenvalue weighted by Gasteiger charge is 2.21. The first-order chi connectivity index (χ1) is 12.9. The van der Waals surface area contributed by atoms with Gasteiger partial charge in [0.15, 0.2) is 5.65 Å². The van der Waals surface area contributed by atoms with Crippen molar-refractivity contribution in [3.05, 3.63) is 42.1 Å². The predicted molar refractivity (Wildman–Crippen MR) is 109 cm³/mol. The molecule has 0 radical (unpaired) electrons. The van der Waals surface area contributed by atoms with Crippen LogP contribution in [-0.2, 0) is 11.8 Å². The summed E-state index contributed by atoms with van der Waals surface area (Å²) in [5, 5.41) is 12.1. The summed E-state index contributed by atoms with van der Waals surface area (Å²) in [6.07, 6.45) is 1.79. The second kappa shape index (κ2) is 7.92. The molecular formula is C20H28N6O. The number of nitrogens with one attached hydrogen (secondary N) is 2. The number of ether oxygens (including phenoxy) is 1. The van der Waals surface area contributed by atoms with Gasteiger partial charge in [-0.3, -0.25) is 4.68 Å². The molecule has 2 heterocycles. The molecule has 0 aliphatic carbocycles. The third kappa shape index (κ3) is 4.54.